The van der Waals surface area contributed by atoms with Crippen molar-refractivity contribution in [2.75, 3.05) is 19.7 Å². The number of rotatable bonds is 8. The molecule has 0 aliphatic carbocycles. The average molecular weight is 329 g/mol. The van der Waals surface area contributed by atoms with Gasteiger partial charge in [-0.15, -0.1) is 13.2 Å². The van der Waals surface area contributed by atoms with Gasteiger partial charge in [-0.2, -0.15) is 13.2 Å². The first-order chi connectivity index (χ1) is 10.9. The molecule has 1 N–H and O–H groups in total. The Kier molecular flexibility index (Phi) is 7.11. The van der Waals surface area contributed by atoms with Crippen molar-refractivity contribution < 1.29 is 22.7 Å². The van der Waals surface area contributed by atoms with Crippen LogP contribution in [0.5, 0.6) is 5.88 Å². The number of halogens is 3. The lowest BCUT2D eigenvalue weighted by Crippen LogP contribution is -2.39. The van der Waals surface area contributed by atoms with Gasteiger partial charge < -0.3 is 15.0 Å². The number of carbonyl (C=O) groups is 1. The van der Waals surface area contributed by atoms with Gasteiger partial charge in [0, 0.05) is 31.4 Å². The molecule has 0 aliphatic rings. The van der Waals surface area contributed by atoms with Crippen LogP contribution in [0.4, 0.5) is 18.0 Å². The lowest BCUT2D eigenvalue weighted by Gasteiger charge is -2.20. The minimum atomic E-state index is -4.46. The zero-order valence-corrected chi connectivity index (χ0v) is 12.5. The van der Waals surface area contributed by atoms with Crippen molar-refractivity contribution in [3.8, 4) is 5.88 Å². The SMILES string of the molecule is C=CCN(CC=C)C(=O)NCc1cccnc1OCC(F)(F)F. The van der Waals surface area contributed by atoms with Gasteiger partial charge in [0.05, 0.1) is 0 Å². The predicted octanol–water partition coefficient (Wildman–Crippen LogP) is 2.91. The van der Waals surface area contributed by atoms with Crippen molar-refractivity contribution >= 4 is 6.03 Å². The molecule has 5 nitrogen and oxygen atoms in total. The molecule has 0 spiro atoms. The normalized spacial score (nSPS) is 10.7. The van der Waals surface area contributed by atoms with Gasteiger partial charge in [-0.25, -0.2) is 9.78 Å². The third-order valence-electron chi connectivity index (χ3n) is 2.64. The number of hydrogen-bond acceptors (Lipinski definition) is 3. The van der Waals surface area contributed by atoms with Gasteiger partial charge in [-0.1, -0.05) is 18.2 Å². The highest BCUT2D eigenvalue weighted by molar-refractivity contribution is 5.74. The molecule has 0 unspecified atom stereocenters. The molecule has 0 aliphatic heterocycles. The zero-order chi connectivity index (χ0) is 17.3. The molecule has 1 rings (SSSR count). The first-order valence-corrected chi connectivity index (χ1v) is 6.75. The van der Waals surface area contributed by atoms with Gasteiger partial charge in [0.2, 0.25) is 5.88 Å². The van der Waals surface area contributed by atoms with Crippen molar-refractivity contribution in [3.63, 3.8) is 0 Å². The molecule has 0 aromatic carbocycles. The summed E-state index contributed by atoms with van der Waals surface area (Å²) in [7, 11) is 0. The molecule has 1 aromatic heterocycles. The molecule has 1 heterocycles. The lowest BCUT2D eigenvalue weighted by molar-refractivity contribution is -0.154. The Morgan fingerprint density at radius 2 is 2.00 bits per heavy atom. The number of alkyl halides is 3. The summed E-state index contributed by atoms with van der Waals surface area (Å²) in [6.07, 6.45) is -0.0163. The van der Waals surface area contributed by atoms with Crippen LogP contribution >= 0.6 is 0 Å². The van der Waals surface area contributed by atoms with E-state index in [1.807, 2.05) is 0 Å². The van der Waals surface area contributed by atoms with E-state index in [1.165, 1.54) is 17.2 Å². The molecule has 0 bridgehead atoms. The van der Waals surface area contributed by atoms with Gasteiger partial charge in [-0.3, -0.25) is 0 Å². The van der Waals surface area contributed by atoms with Crippen molar-refractivity contribution in [3.05, 3.63) is 49.2 Å². The Hall–Kier alpha value is -2.51. The number of nitrogens with one attached hydrogen (secondary N) is 1. The summed E-state index contributed by atoms with van der Waals surface area (Å²) in [4.78, 5) is 17.2. The number of nitrogens with zero attached hydrogens (tertiary/aromatic N) is 2. The summed E-state index contributed by atoms with van der Waals surface area (Å²) in [5.41, 5.74) is 0.349. The van der Waals surface area contributed by atoms with E-state index in [0.29, 0.717) is 18.7 Å². The number of aromatic nitrogens is 1. The number of urea groups is 1. The van der Waals surface area contributed by atoms with Gasteiger partial charge >= 0.3 is 12.2 Å². The summed E-state index contributed by atoms with van der Waals surface area (Å²) in [6, 6.07) is 2.69. The maximum Gasteiger partial charge on any atom is 0.422 e. The molecule has 1 aromatic rings. The molecule has 126 valence electrons. The zero-order valence-electron chi connectivity index (χ0n) is 12.5. The summed E-state index contributed by atoms with van der Waals surface area (Å²) < 4.78 is 41.3. The Labute approximate surface area is 132 Å². The van der Waals surface area contributed by atoms with Crippen molar-refractivity contribution in [1.29, 1.82) is 0 Å². The molecule has 0 radical (unpaired) electrons. The van der Waals surface area contributed by atoms with Crippen LogP contribution in [-0.2, 0) is 6.54 Å². The summed E-state index contributed by atoms with van der Waals surface area (Å²) >= 11 is 0. The first kappa shape index (κ1) is 18.5. The van der Waals surface area contributed by atoms with Crippen LogP contribution in [0.25, 0.3) is 0 Å². The molecule has 0 saturated carbocycles. The highest BCUT2D eigenvalue weighted by atomic mass is 19.4. The Morgan fingerprint density at radius 3 is 2.57 bits per heavy atom. The molecule has 0 saturated heterocycles. The fraction of sp³-hybridized carbons (Fsp3) is 0.333. The molecule has 2 amide bonds. The van der Waals surface area contributed by atoms with Gasteiger partial charge in [0.1, 0.15) is 0 Å². The molecule has 0 atom stereocenters. The number of amides is 2. The van der Waals surface area contributed by atoms with Gasteiger partial charge in [0.15, 0.2) is 6.61 Å². The number of hydrogen-bond donors (Lipinski definition) is 1. The summed E-state index contributed by atoms with van der Waals surface area (Å²) in [6.45, 7) is 6.30. The van der Waals surface area contributed by atoms with E-state index in [2.05, 4.69) is 28.2 Å². The minimum Gasteiger partial charge on any atom is -0.468 e. The molecule has 0 fully saturated rings. The Balaban J connectivity index is 2.68. The van der Waals surface area contributed by atoms with Gasteiger partial charge in [0.25, 0.3) is 0 Å². The maximum absolute atomic E-state index is 12.2. The second-order valence-electron chi connectivity index (χ2n) is 4.51. The van der Waals surface area contributed by atoms with E-state index in [1.54, 1.807) is 18.2 Å². The Bertz CT molecular complexity index is 537. The van der Waals surface area contributed by atoms with Crippen molar-refractivity contribution in [2.24, 2.45) is 0 Å². The van der Waals surface area contributed by atoms with Crippen molar-refractivity contribution in [2.45, 2.75) is 12.7 Å². The average Bonchev–Trinajstić information content (AvgIpc) is 2.50. The molecule has 23 heavy (non-hydrogen) atoms. The van der Waals surface area contributed by atoms with E-state index in [9.17, 15) is 18.0 Å². The van der Waals surface area contributed by atoms with Crippen LogP contribution < -0.4 is 10.1 Å². The summed E-state index contributed by atoms with van der Waals surface area (Å²) in [5.74, 6) is -0.163. The molecular weight excluding hydrogens is 311 g/mol. The van der Waals surface area contributed by atoms with Crippen LogP contribution in [0.2, 0.25) is 0 Å². The largest absolute Gasteiger partial charge is 0.468 e. The summed E-state index contributed by atoms with van der Waals surface area (Å²) in [5, 5.41) is 2.60. The van der Waals surface area contributed by atoms with E-state index >= 15 is 0 Å². The second-order valence-corrected chi connectivity index (χ2v) is 4.51. The number of carbonyl (C=O) groups excluding carboxylic acids is 1. The van der Waals surface area contributed by atoms with Crippen LogP contribution in [-0.4, -0.2) is 41.8 Å². The third kappa shape index (κ3) is 6.86. The van der Waals surface area contributed by atoms with Crippen LogP contribution in [0.15, 0.2) is 43.6 Å². The van der Waals surface area contributed by atoms with Crippen LogP contribution in [0, 0.1) is 0 Å². The highest BCUT2D eigenvalue weighted by Crippen LogP contribution is 2.19. The van der Waals surface area contributed by atoms with E-state index < -0.39 is 18.8 Å². The second kappa shape index (κ2) is 8.82. The fourth-order valence-electron chi connectivity index (χ4n) is 1.67. The molecule has 8 heteroatoms. The monoisotopic (exact) mass is 329 g/mol. The van der Waals surface area contributed by atoms with E-state index in [4.69, 9.17) is 0 Å². The van der Waals surface area contributed by atoms with Crippen LogP contribution in [0.1, 0.15) is 5.56 Å². The quantitative estimate of drug-likeness (QED) is 0.746. The first-order valence-electron chi connectivity index (χ1n) is 6.75. The highest BCUT2D eigenvalue weighted by Gasteiger charge is 2.29. The fourth-order valence-corrected chi connectivity index (χ4v) is 1.67. The Morgan fingerprint density at radius 1 is 1.35 bits per heavy atom. The number of pyridine rings is 1. The smallest absolute Gasteiger partial charge is 0.422 e. The standard InChI is InChI=1S/C15H18F3N3O2/c1-3-8-21(9-4-2)14(22)20-10-12-6-5-7-19-13(12)23-11-15(16,17)18/h3-7H,1-2,8-11H2,(H,20,22). The van der Waals surface area contributed by atoms with Gasteiger partial charge in [-0.05, 0) is 6.07 Å². The number of ether oxygens (including phenoxy) is 1. The topological polar surface area (TPSA) is 54.5 Å². The van der Waals surface area contributed by atoms with Crippen molar-refractivity contribution in [1.82, 2.24) is 15.2 Å². The lowest BCUT2D eigenvalue weighted by atomic mass is 10.2. The van der Waals surface area contributed by atoms with E-state index in [-0.39, 0.29) is 12.4 Å². The third-order valence-corrected chi connectivity index (χ3v) is 2.64. The predicted molar refractivity (Wildman–Crippen MR) is 80.0 cm³/mol. The molecular formula is C15H18F3N3O2. The van der Waals surface area contributed by atoms with E-state index in [0.717, 1.165) is 0 Å². The maximum atomic E-state index is 12.2. The van der Waals surface area contributed by atoms with Crippen LogP contribution in [0.3, 0.4) is 0 Å². The minimum absolute atomic E-state index is 0.00928.